The Morgan fingerprint density at radius 1 is 1.34 bits per heavy atom. The third-order valence-corrected chi connectivity index (χ3v) is 6.23. The first-order valence-electron chi connectivity index (χ1n) is 11.5. The number of amides is 1. The molecule has 1 saturated heterocycles. The summed E-state index contributed by atoms with van der Waals surface area (Å²) < 4.78 is 11.2. The minimum Gasteiger partial charge on any atom is -0.497 e. The number of rotatable bonds is 10. The van der Waals surface area contributed by atoms with Crippen LogP contribution >= 0.6 is 0 Å². The predicted octanol–water partition coefficient (Wildman–Crippen LogP) is 2.37. The van der Waals surface area contributed by atoms with E-state index in [1.54, 1.807) is 14.2 Å². The van der Waals surface area contributed by atoms with Gasteiger partial charge in [-0.2, -0.15) is 0 Å². The molecule has 4 rings (SSSR count). The van der Waals surface area contributed by atoms with E-state index in [2.05, 4.69) is 23.8 Å². The molecule has 8 nitrogen and oxygen atoms in total. The normalized spacial score (nSPS) is 19.7. The number of hydrogen-bond donors (Lipinski definition) is 2. The van der Waals surface area contributed by atoms with Gasteiger partial charge in [-0.05, 0) is 62.4 Å². The lowest BCUT2D eigenvalue weighted by atomic mass is 10.00. The van der Waals surface area contributed by atoms with E-state index in [0.717, 1.165) is 61.1 Å². The molecule has 0 radical (unpaired) electrons. The third-order valence-electron chi connectivity index (χ3n) is 6.23. The van der Waals surface area contributed by atoms with E-state index in [4.69, 9.17) is 19.3 Å². The second-order valence-corrected chi connectivity index (χ2v) is 8.51. The Balaban J connectivity index is 1.64. The van der Waals surface area contributed by atoms with Crippen LogP contribution < -0.4 is 15.5 Å². The van der Waals surface area contributed by atoms with Gasteiger partial charge in [-0.3, -0.25) is 9.78 Å². The molecule has 0 bridgehead atoms. The smallest absolute Gasteiger partial charge is 0.253 e. The second kappa shape index (κ2) is 10.6. The summed E-state index contributed by atoms with van der Waals surface area (Å²) in [4.78, 5) is 25.3. The zero-order valence-electron chi connectivity index (χ0n) is 19.2. The number of ether oxygens (including phenoxy) is 2. The molecule has 1 saturated carbocycles. The average molecular weight is 443 g/mol. The molecule has 0 unspecified atom stereocenters. The quantitative estimate of drug-likeness (QED) is 0.432. The van der Waals surface area contributed by atoms with Crippen LogP contribution in [0.4, 0.5) is 0 Å². The van der Waals surface area contributed by atoms with Crippen LogP contribution in [-0.4, -0.2) is 68.4 Å². The van der Waals surface area contributed by atoms with Gasteiger partial charge in [0.15, 0.2) is 0 Å². The first kappa shape index (κ1) is 22.9. The highest BCUT2D eigenvalue weighted by Crippen LogP contribution is 2.36. The molecule has 32 heavy (non-hydrogen) atoms. The molecule has 1 amide bonds. The Kier molecular flexibility index (Phi) is 7.57. The van der Waals surface area contributed by atoms with Gasteiger partial charge in [-0.15, -0.1) is 0 Å². The zero-order chi connectivity index (χ0) is 22.5. The number of hydrogen-bond acceptors (Lipinski definition) is 7. The van der Waals surface area contributed by atoms with E-state index in [1.807, 2.05) is 23.1 Å². The average Bonchev–Trinajstić information content (AvgIpc) is 3.67. The fourth-order valence-corrected chi connectivity index (χ4v) is 4.37. The van der Waals surface area contributed by atoms with Crippen molar-refractivity contribution in [2.75, 3.05) is 40.5 Å². The predicted molar refractivity (Wildman–Crippen MR) is 123 cm³/mol. The van der Waals surface area contributed by atoms with Crippen LogP contribution in [0, 0.1) is 0 Å². The van der Waals surface area contributed by atoms with Crippen molar-refractivity contribution >= 4 is 16.8 Å². The van der Waals surface area contributed by atoms with Crippen molar-refractivity contribution in [1.29, 1.82) is 0 Å². The first-order valence-corrected chi connectivity index (χ1v) is 11.5. The maximum atomic E-state index is 13.4. The molecule has 0 spiro atoms. The number of hydroxylamine groups is 1. The van der Waals surface area contributed by atoms with Crippen LogP contribution in [0.5, 0.6) is 5.75 Å². The lowest BCUT2D eigenvalue weighted by Crippen LogP contribution is -2.50. The lowest BCUT2D eigenvalue weighted by molar-refractivity contribution is -0.148. The fraction of sp³-hybridized carbons (Fsp3) is 0.583. The summed E-state index contributed by atoms with van der Waals surface area (Å²) in [6.07, 6.45) is 3.45. The number of benzene rings is 1. The van der Waals surface area contributed by atoms with Gasteiger partial charge >= 0.3 is 0 Å². The summed E-state index contributed by atoms with van der Waals surface area (Å²) in [7, 11) is 3.30. The van der Waals surface area contributed by atoms with Gasteiger partial charge < -0.3 is 24.5 Å². The van der Waals surface area contributed by atoms with Crippen LogP contribution in [-0.2, 0) is 20.8 Å². The number of carbonyl (C=O) groups excluding carboxylic acids is 1. The second-order valence-electron chi connectivity index (χ2n) is 8.51. The van der Waals surface area contributed by atoms with Crippen molar-refractivity contribution in [3.8, 4) is 5.75 Å². The largest absolute Gasteiger partial charge is 0.497 e. The molecule has 2 aliphatic rings. The van der Waals surface area contributed by atoms with E-state index in [1.165, 1.54) is 5.56 Å². The Labute approximate surface area is 189 Å². The third kappa shape index (κ3) is 5.20. The maximum Gasteiger partial charge on any atom is 0.253 e. The van der Waals surface area contributed by atoms with Crippen molar-refractivity contribution in [3.05, 3.63) is 35.5 Å². The molecule has 1 aromatic carbocycles. The van der Waals surface area contributed by atoms with E-state index < -0.39 is 6.10 Å². The molecule has 2 N–H and O–H groups in total. The monoisotopic (exact) mass is 442 g/mol. The Morgan fingerprint density at radius 3 is 2.88 bits per heavy atom. The molecule has 2 atom stereocenters. The van der Waals surface area contributed by atoms with Crippen molar-refractivity contribution in [1.82, 2.24) is 20.7 Å². The van der Waals surface area contributed by atoms with Crippen LogP contribution in [0.15, 0.2) is 24.3 Å². The molecular formula is C24H34N4O4. The highest BCUT2D eigenvalue weighted by Gasteiger charge is 2.40. The van der Waals surface area contributed by atoms with Crippen LogP contribution in [0.1, 0.15) is 43.5 Å². The van der Waals surface area contributed by atoms with Gasteiger partial charge in [0, 0.05) is 31.1 Å². The Hall–Kier alpha value is -2.26. The molecule has 1 aliphatic carbocycles. The SMILES string of the molecule is CONCCCc1cc([C@@H](C)N(C(=O)[C@H]2CNCCO2)C2CC2)nc2ccc(OC)cc12. The number of fused-ring (bicyclic) bond motifs is 1. The number of aryl methyl sites for hydroxylation is 1. The number of methoxy groups -OCH3 is 1. The minimum absolute atomic E-state index is 0.0645. The van der Waals surface area contributed by atoms with Crippen molar-refractivity contribution in [3.63, 3.8) is 0 Å². The number of aromatic nitrogens is 1. The van der Waals surface area contributed by atoms with Crippen LogP contribution in [0.25, 0.3) is 10.9 Å². The summed E-state index contributed by atoms with van der Waals surface area (Å²) >= 11 is 0. The number of carbonyl (C=O) groups is 1. The van der Waals surface area contributed by atoms with Gasteiger partial charge in [0.1, 0.15) is 11.9 Å². The molecule has 1 aliphatic heterocycles. The standard InChI is InChI=1S/C24H34N4O4/c1-16(28(18-6-7-18)24(29)23-15-25-11-12-32-23)22-13-17(5-4-10-26-31-3)20-14-19(30-2)8-9-21(20)27-22/h8-9,13-14,16,18,23,25-26H,4-7,10-12,15H2,1-3H3/t16-,23-/m1/s1. The lowest BCUT2D eigenvalue weighted by Gasteiger charge is -2.34. The fourth-order valence-electron chi connectivity index (χ4n) is 4.37. The van der Waals surface area contributed by atoms with Crippen molar-refractivity contribution in [2.45, 2.75) is 50.8 Å². The van der Waals surface area contributed by atoms with E-state index in [9.17, 15) is 4.79 Å². The molecule has 174 valence electrons. The molecule has 2 fully saturated rings. The van der Waals surface area contributed by atoms with Crippen molar-refractivity contribution in [2.24, 2.45) is 0 Å². The van der Waals surface area contributed by atoms with Gasteiger partial charge in [-0.1, -0.05) is 0 Å². The molecule has 1 aromatic heterocycles. The number of nitrogens with one attached hydrogen (secondary N) is 2. The molecular weight excluding hydrogens is 408 g/mol. The topological polar surface area (TPSA) is 85.0 Å². The number of morpholine rings is 1. The first-order chi connectivity index (χ1) is 15.6. The van der Waals surface area contributed by atoms with Gasteiger partial charge in [-0.25, -0.2) is 5.48 Å². The molecule has 2 heterocycles. The highest BCUT2D eigenvalue weighted by molar-refractivity contribution is 5.85. The Morgan fingerprint density at radius 2 is 2.19 bits per heavy atom. The van der Waals surface area contributed by atoms with Gasteiger partial charge in [0.25, 0.3) is 5.91 Å². The number of nitrogens with zero attached hydrogens (tertiary/aromatic N) is 2. The van der Waals surface area contributed by atoms with Gasteiger partial charge in [0.2, 0.25) is 0 Å². The maximum absolute atomic E-state index is 13.4. The molecule has 2 aromatic rings. The van der Waals surface area contributed by atoms with Gasteiger partial charge in [0.05, 0.1) is 38.1 Å². The number of pyridine rings is 1. The summed E-state index contributed by atoms with van der Waals surface area (Å²) in [5.74, 6) is 0.878. The summed E-state index contributed by atoms with van der Waals surface area (Å²) in [5.41, 5.74) is 5.95. The van der Waals surface area contributed by atoms with Crippen molar-refractivity contribution < 1.29 is 19.1 Å². The molecule has 8 heteroatoms. The van der Waals surface area contributed by atoms with Crippen LogP contribution in [0.3, 0.4) is 0 Å². The Bertz CT molecular complexity index is 928. The van der Waals surface area contributed by atoms with E-state index in [0.29, 0.717) is 13.2 Å². The highest BCUT2D eigenvalue weighted by atomic mass is 16.6. The minimum atomic E-state index is -0.420. The van der Waals surface area contributed by atoms with Crippen LogP contribution in [0.2, 0.25) is 0 Å². The van der Waals surface area contributed by atoms with E-state index in [-0.39, 0.29) is 18.0 Å². The summed E-state index contributed by atoms with van der Waals surface area (Å²) in [6.45, 7) is 4.77. The summed E-state index contributed by atoms with van der Waals surface area (Å²) in [6, 6.07) is 8.28. The summed E-state index contributed by atoms with van der Waals surface area (Å²) in [5, 5.41) is 4.36. The van der Waals surface area contributed by atoms with E-state index >= 15 is 0 Å². The zero-order valence-corrected chi connectivity index (χ0v) is 19.2.